The summed E-state index contributed by atoms with van der Waals surface area (Å²) < 4.78 is 1.99. The minimum atomic E-state index is 0.156. The van der Waals surface area contributed by atoms with Gasteiger partial charge in [-0.05, 0) is 53.4 Å². The first-order chi connectivity index (χ1) is 8.47. The van der Waals surface area contributed by atoms with Crippen LogP contribution in [0.1, 0.15) is 32.8 Å². The largest absolute Gasteiger partial charge is 0.315 e. The van der Waals surface area contributed by atoms with E-state index in [1.54, 1.807) is 0 Å². The Morgan fingerprint density at radius 2 is 2.11 bits per heavy atom. The molecule has 0 aliphatic rings. The monoisotopic (exact) mass is 252 g/mol. The minimum absolute atomic E-state index is 0.156. The van der Waals surface area contributed by atoms with E-state index < -0.39 is 0 Å². The molecular weight excluding hydrogens is 224 g/mol. The summed E-state index contributed by atoms with van der Waals surface area (Å²) in [7, 11) is 6.36. The second kappa shape index (κ2) is 6.34. The van der Waals surface area contributed by atoms with Gasteiger partial charge in [0.2, 0.25) is 0 Å². The summed E-state index contributed by atoms with van der Waals surface area (Å²) in [6, 6.07) is 0.423. The molecule has 4 heteroatoms. The van der Waals surface area contributed by atoms with Gasteiger partial charge in [0.1, 0.15) is 0 Å². The Balaban J connectivity index is 2.83. The molecule has 1 aromatic rings. The molecule has 0 spiro atoms. The zero-order valence-corrected chi connectivity index (χ0v) is 12.7. The molecule has 1 heterocycles. The number of aromatic nitrogens is 2. The van der Waals surface area contributed by atoms with E-state index in [1.807, 2.05) is 17.9 Å². The quantitative estimate of drug-likeness (QED) is 0.803. The van der Waals surface area contributed by atoms with Crippen LogP contribution >= 0.6 is 0 Å². The normalized spacial score (nSPS) is 16.8. The molecule has 1 N–H and O–H groups in total. The predicted molar refractivity (Wildman–Crippen MR) is 76.8 cm³/mol. The number of hydrogen-bond acceptors (Lipinski definition) is 3. The second-order valence-electron chi connectivity index (χ2n) is 5.35. The van der Waals surface area contributed by atoms with Crippen molar-refractivity contribution in [1.29, 1.82) is 0 Å². The first-order valence-corrected chi connectivity index (χ1v) is 6.83. The summed E-state index contributed by atoms with van der Waals surface area (Å²) in [4.78, 5) is 2.32. The third-order valence-electron chi connectivity index (χ3n) is 4.29. The third kappa shape index (κ3) is 3.12. The van der Waals surface area contributed by atoms with E-state index in [0.29, 0.717) is 6.04 Å². The van der Waals surface area contributed by atoms with Crippen molar-refractivity contribution in [3.63, 3.8) is 0 Å². The van der Waals surface area contributed by atoms with E-state index in [0.717, 1.165) is 19.4 Å². The van der Waals surface area contributed by atoms with Gasteiger partial charge in [-0.3, -0.25) is 4.68 Å². The lowest BCUT2D eigenvalue weighted by molar-refractivity contribution is 0.116. The molecule has 2 unspecified atom stereocenters. The van der Waals surface area contributed by atoms with E-state index in [4.69, 9.17) is 0 Å². The van der Waals surface area contributed by atoms with Crippen molar-refractivity contribution >= 4 is 0 Å². The molecule has 1 aromatic heterocycles. The molecule has 2 atom stereocenters. The van der Waals surface area contributed by atoms with Gasteiger partial charge in [-0.25, -0.2) is 0 Å². The Morgan fingerprint density at radius 3 is 2.50 bits per heavy atom. The van der Waals surface area contributed by atoms with Gasteiger partial charge >= 0.3 is 0 Å². The number of hydrogen-bond donors (Lipinski definition) is 1. The van der Waals surface area contributed by atoms with Crippen LogP contribution in [0.4, 0.5) is 0 Å². The topological polar surface area (TPSA) is 33.1 Å². The van der Waals surface area contributed by atoms with Crippen LogP contribution in [0.3, 0.4) is 0 Å². The van der Waals surface area contributed by atoms with Gasteiger partial charge in [-0.1, -0.05) is 6.92 Å². The fraction of sp³-hybridized carbons (Fsp3) is 0.786. The van der Waals surface area contributed by atoms with Crippen molar-refractivity contribution < 1.29 is 0 Å². The van der Waals surface area contributed by atoms with Gasteiger partial charge < -0.3 is 10.2 Å². The first kappa shape index (κ1) is 15.2. The highest BCUT2D eigenvalue weighted by atomic mass is 15.3. The van der Waals surface area contributed by atoms with Crippen LogP contribution in [-0.2, 0) is 13.0 Å². The maximum atomic E-state index is 4.35. The van der Waals surface area contributed by atoms with Gasteiger partial charge in [0.25, 0.3) is 0 Å². The van der Waals surface area contributed by atoms with Gasteiger partial charge in [0.05, 0.1) is 6.20 Å². The second-order valence-corrected chi connectivity index (χ2v) is 5.35. The Hall–Kier alpha value is -0.870. The molecule has 0 saturated carbocycles. The molecule has 0 aromatic carbocycles. The number of aryl methyl sites for hydroxylation is 1. The first-order valence-electron chi connectivity index (χ1n) is 6.83. The third-order valence-corrected chi connectivity index (χ3v) is 4.29. The molecule has 0 amide bonds. The lowest BCUT2D eigenvalue weighted by Gasteiger charge is -2.42. The molecule has 0 aliphatic heterocycles. The summed E-state index contributed by atoms with van der Waals surface area (Å²) in [5.74, 6) is 0. The van der Waals surface area contributed by atoms with Gasteiger partial charge in [-0.2, -0.15) is 5.10 Å². The molecule has 4 nitrogen and oxygen atoms in total. The fourth-order valence-electron chi connectivity index (χ4n) is 2.43. The zero-order valence-electron chi connectivity index (χ0n) is 12.7. The Labute approximate surface area is 111 Å². The SMILES string of the molecule is CCn1cc(CC(NC)C(C)(CC)N(C)C)cn1. The zero-order chi connectivity index (χ0) is 13.8. The highest BCUT2D eigenvalue weighted by molar-refractivity contribution is 5.10. The molecule has 0 bridgehead atoms. The van der Waals surface area contributed by atoms with Crippen LogP contribution < -0.4 is 5.32 Å². The van der Waals surface area contributed by atoms with Crippen molar-refractivity contribution in [2.75, 3.05) is 21.1 Å². The summed E-state index contributed by atoms with van der Waals surface area (Å²) in [5, 5.41) is 7.82. The van der Waals surface area contributed by atoms with Crippen molar-refractivity contribution in [3.05, 3.63) is 18.0 Å². The van der Waals surface area contributed by atoms with Gasteiger partial charge in [0, 0.05) is 24.3 Å². The van der Waals surface area contributed by atoms with E-state index in [9.17, 15) is 0 Å². The summed E-state index contributed by atoms with van der Waals surface area (Å²) in [6.07, 6.45) is 6.27. The molecule has 0 fully saturated rings. The van der Waals surface area contributed by atoms with E-state index in [2.05, 4.69) is 56.4 Å². The summed E-state index contributed by atoms with van der Waals surface area (Å²) >= 11 is 0. The molecule has 0 radical (unpaired) electrons. The molecule has 18 heavy (non-hydrogen) atoms. The van der Waals surface area contributed by atoms with Crippen LogP contribution in [0.2, 0.25) is 0 Å². The van der Waals surface area contributed by atoms with E-state index in [1.165, 1.54) is 5.56 Å². The summed E-state index contributed by atoms with van der Waals surface area (Å²) in [5.41, 5.74) is 1.46. The number of nitrogens with zero attached hydrogens (tertiary/aromatic N) is 3. The van der Waals surface area contributed by atoms with Gasteiger partial charge in [0.15, 0.2) is 0 Å². The average Bonchev–Trinajstić information content (AvgIpc) is 2.82. The lowest BCUT2D eigenvalue weighted by atomic mass is 9.84. The Bertz CT molecular complexity index is 358. The van der Waals surface area contributed by atoms with Crippen LogP contribution in [0.15, 0.2) is 12.4 Å². The van der Waals surface area contributed by atoms with Crippen molar-refractivity contribution in [1.82, 2.24) is 20.0 Å². The maximum absolute atomic E-state index is 4.35. The highest BCUT2D eigenvalue weighted by Gasteiger charge is 2.33. The van der Waals surface area contributed by atoms with Gasteiger partial charge in [-0.15, -0.1) is 0 Å². The number of nitrogens with one attached hydrogen (secondary N) is 1. The standard InChI is InChI=1S/C14H28N4/c1-7-14(3,17(5)6)13(15-4)9-12-10-16-18(8-2)11-12/h10-11,13,15H,7-9H2,1-6H3. The lowest BCUT2D eigenvalue weighted by Crippen LogP contribution is -2.56. The average molecular weight is 252 g/mol. The highest BCUT2D eigenvalue weighted by Crippen LogP contribution is 2.23. The summed E-state index contributed by atoms with van der Waals surface area (Å²) in [6.45, 7) is 7.61. The molecule has 104 valence electrons. The smallest absolute Gasteiger partial charge is 0.0522 e. The minimum Gasteiger partial charge on any atom is -0.315 e. The molecule has 0 aliphatic carbocycles. The van der Waals surface area contributed by atoms with Crippen LogP contribution in [-0.4, -0.2) is 47.4 Å². The molecule has 1 rings (SSSR count). The van der Waals surface area contributed by atoms with Crippen molar-refractivity contribution in [3.8, 4) is 0 Å². The number of likely N-dealkylation sites (N-methyl/N-ethyl adjacent to an activating group) is 2. The van der Waals surface area contributed by atoms with Crippen LogP contribution in [0.25, 0.3) is 0 Å². The van der Waals surface area contributed by atoms with Crippen molar-refractivity contribution in [2.45, 2.75) is 51.7 Å². The molecule has 0 saturated heterocycles. The predicted octanol–water partition coefficient (Wildman–Crippen LogP) is 1.76. The van der Waals surface area contributed by atoms with E-state index in [-0.39, 0.29) is 5.54 Å². The van der Waals surface area contributed by atoms with Crippen LogP contribution in [0, 0.1) is 0 Å². The number of rotatable bonds is 7. The maximum Gasteiger partial charge on any atom is 0.0522 e. The Morgan fingerprint density at radius 1 is 1.44 bits per heavy atom. The Kier molecular flexibility index (Phi) is 5.35. The van der Waals surface area contributed by atoms with E-state index >= 15 is 0 Å². The fourth-order valence-corrected chi connectivity index (χ4v) is 2.43. The van der Waals surface area contributed by atoms with Crippen molar-refractivity contribution in [2.24, 2.45) is 0 Å². The van der Waals surface area contributed by atoms with Crippen LogP contribution in [0.5, 0.6) is 0 Å². The molecular formula is C14H28N4.